The number of ketones is 2. The van der Waals surface area contributed by atoms with Crippen LogP contribution in [0.25, 0.3) is 71.7 Å². The van der Waals surface area contributed by atoms with Crippen LogP contribution in [0, 0.1) is 17.8 Å². The van der Waals surface area contributed by atoms with E-state index in [1.54, 1.807) is 49.4 Å². The van der Waals surface area contributed by atoms with Crippen molar-refractivity contribution in [3.05, 3.63) is 234 Å². The summed E-state index contributed by atoms with van der Waals surface area (Å²) in [5.74, 6) is -1.99. The molecular formula is C63H48N2O6S2. The molecule has 3 aliphatic carbocycles. The second-order valence-electron chi connectivity index (χ2n) is 20.0. The van der Waals surface area contributed by atoms with Gasteiger partial charge >= 0.3 is 0 Å². The molecule has 0 saturated carbocycles. The second kappa shape index (κ2) is 16.0. The van der Waals surface area contributed by atoms with Crippen LogP contribution < -0.4 is 0 Å². The smallest absolute Gasteiger partial charge is 0.196 e. The summed E-state index contributed by atoms with van der Waals surface area (Å²) in [6, 6.07) is 52.0. The predicted molar refractivity (Wildman–Crippen MR) is 298 cm³/mol. The molecule has 1 saturated heterocycles. The number of allylic oxidation sites excluding steroid dienone is 11. The average molecular weight is 993 g/mol. The van der Waals surface area contributed by atoms with E-state index in [-0.39, 0.29) is 44.8 Å². The highest BCUT2D eigenvalue weighted by Crippen LogP contribution is 2.70. The predicted octanol–water partition coefficient (Wildman–Crippen LogP) is 15.9. The van der Waals surface area contributed by atoms with E-state index in [1.807, 2.05) is 48.6 Å². The minimum Gasteiger partial charge on any atom is -0.310 e. The Kier molecular flexibility index (Phi) is 9.67. The third-order valence-corrected chi connectivity index (χ3v) is 20.8. The van der Waals surface area contributed by atoms with E-state index in [2.05, 4.69) is 124 Å². The zero-order chi connectivity index (χ0) is 49.5. The zero-order valence-electron chi connectivity index (χ0n) is 39.6. The van der Waals surface area contributed by atoms with Crippen molar-refractivity contribution >= 4 is 87.6 Å². The summed E-state index contributed by atoms with van der Waals surface area (Å²) in [6.07, 6.45) is 16.8. The fraction of sp³-hybridized carbons (Fsp3) is 0.111. The molecule has 4 atom stereocenters. The molecule has 358 valence electrons. The normalized spacial score (nSPS) is 23.5. The molecule has 4 unspecified atom stereocenters. The van der Waals surface area contributed by atoms with Gasteiger partial charge in [-0.25, -0.2) is 0 Å². The zero-order valence-corrected chi connectivity index (χ0v) is 41.2. The molecule has 0 bridgehead atoms. The van der Waals surface area contributed by atoms with Gasteiger partial charge in [0, 0.05) is 54.9 Å². The summed E-state index contributed by atoms with van der Waals surface area (Å²) in [7, 11) is -7.04. The Morgan fingerprint density at radius 1 is 0.589 bits per heavy atom. The summed E-state index contributed by atoms with van der Waals surface area (Å²) >= 11 is 0. The topological polar surface area (TPSA) is 125 Å². The summed E-state index contributed by atoms with van der Waals surface area (Å²) in [4.78, 5) is 30.1. The van der Waals surface area contributed by atoms with Gasteiger partial charge in [0.15, 0.2) is 11.6 Å². The Labute approximate surface area is 424 Å². The van der Waals surface area contributed by atoms with Crippen LogP contribution in [0.4, 0.5) is 0 Å². The molecule has 10 heteroatoms. The van der Waals surface area contributed by atoms with Crippen LogP contribution in [0.2, 0.25) is 0 Å². The van der Waals surface area contributed by atoms with Gasteiger partial charge in [0.2, 0.25) is 0 Å². The van der Waals surface area contributed by atoms with Crippen molar-refractivity contribution in [2.45, 2.75) is 34.3 Å². The first-order valence-electron chi connectivity index (χ1n) is 24.6. The monoisotopic (exact) mass is 992 g/mol. The fourth-order valence-electron chi connectivity index (χ4n) is 12.3. The molecule has 8 nitrogen and oxygen atoms in total. The number of nitrogens with zero attached hydrogens (tertiary/aromatic N) is 2. The first-order chi connectivity index (χ1) is 35.4. The van der Waals surface area contributed by atoms with Crippen molar-refractivity contribution < 1.29 is 27.8 Å². The van der Waals surface area contributed by atoms with Crippen molar-refractivity contribution in [3.8, 4) is 16.8 Å². The van der Waals surface area contributed by atoms with Crippen molar-refractivity contribution in [2.75, 3.05) is 0 Å². The van der Waals surface area contributed by atoms with E-state index >= 15 is 0 Å². The first kappa shape index (κ1) is 44.2. The van der Waals surface area contributed by atoms with Crippen LogP contribution in [-0.2, 0) is 4.79 Å². The molecule has 0 spiro atoms. The number of rotatable bonds is 5. The van der Waals surface area contributed by atoms with E-state index in [0.29, 0.717) is 16.9 Å². The third-order valence-electron chi connectivity index (χ3n) is 16.2. The Bertz CT molecular complexity index is 4020. The van der Waals surface area contributed by atoms with Gasteiger partial charge in [0.05, 0.1) is 48.4 Å². The molecule has 4 heterocycles. The van der Waals surface area contributed by atoms with Crippen LogP contribution in [0.3, 0.4) is 0 Å². The number of carbonyl (C=O) groups excluding carboxylic acids is 2. The van der Waals surface area contributed by atoms with Crippen molar-refractivity contribution in [1.82, 2.24) is 9.13 Å². The Morgan fingerprint density at radius 2 is 1.12 bits per heavy atom. The van der Waals surface area contributed by atoms with E-state index in [1.165, 1.54) is 21.5 Å². The van der Waals surface area contributed by atoms with Crippen LogP contribution in [0.5, 0.6) is 0 Å². The van der Waals surface area contributed by atoms with Gasteiger partial charge in [0.25, 0.3) is 0 Å². The summed E-state index contributed by atoms with van der Waals surface area (Å²) in [5.41, 5.74) is 11.0. The number of hydrogen-bond donors (Lipinski definition) is 4. The van der Waals surface area contributed by atoms with Gasteiger partial charge in [-0.1, -0.05) is 134 Å². The first-order valence-corrected chi connectivity index (χ1v) is 27.7. The van der Waals surface area contributed by atoms with E-state index in [9.17, 15) is 27.8 Å². The molecule has 9 aromatic rings. The van der Waals surface area contributed by atoms with Crippen LogP contribution >= 0.6 is 21.2 Å². The van der Waals surface area contributed by atoms with Gasteiger partial charge in [-0.15, -0.1) is 10.6 Å². The van der Waals surface area contributed by atoms with Crippen molar-refractivity contribution in [2.24, 2.45) is 17.8 Å². The number of benzene rings is 7. The number of fused-ring (bicyclic) bond motifs is 10. The standard InChI is InChI=1S/C63H48N2O6S2/c1-63-33-32-43(39-20-27-45(28-21-39)65-56-16-8-4-12-48(56)49-13-5-9-17-57(49)65)37-53(63)62(67)52-36-42(24-31-60(52)73(63,70)71)41-23-30-59-51(35-41)61(66)50-34-40(22-29-58(50)72(59,68)69)38-18-25-44(26-19-38)64-54-14-6-2-10-46(54)47-11-3-7-15-55(47)64/h2-20,22-35,37,39,52-53,68-71H,21,36H2,1H3. The summed E-state index contributed by atoms with van der Waals surface area (Å²) in [5, 5.41) is 4.74. The average Bonchev–Trinajstić information content (AvgIpc) is 3.95. The Hall–Kier alpha value is -7.54. The number of carbonyl (C=O) groups is 2. The molecule has 5 aliphatic rings. The lowest BCUT2D eigenvalue weighted by Gasteiger charge is -2.58. The fourth-order valence-corrected chi connectivity index (χ4v) is 16.2. The molecule has 2 aliphatic heterocycles. The molecule has 0 amide bonds. The van der Waals surface area contributed by atoms with Gasteiger partial charge in [-0.2, -0.15) is 10.6 Å². The lowest BCUT2D eigenvalue weighted by atomic mass is 9.73. The van der Waals surface area contributed by atoms with Gasteiger partial charge in [-0.3, -0.25) is 27.8 Å². The lowest BCUT2D eigenvalue weighted by molar-refractivity contribution is -0.125. The molecule has 14 rings (SSSR count). The number of hydrogen-bond acceptors (Lipinski definition) is 6. The molecule has 7 aromatic carbocycles. The molecular weight excluding hydrogens is 945 g/mol. The number of aromatic nitrogens is 2. The Morgan fingerprint density at radius 3 is 1.70 bits per heavy atom. The summed E-state index contributed by atoms with van der Waals surface area (Å²) < 4.78 is 51.4. The van der Waals surface area contributed by atoms with E-state index in [0.717, 1.165) is 55.7 Å². The number of Topliss-reactive ketones (excluding diaryl/α,β-unsaturated/α-hetero) is 1. The maximum atomic E-state index is 14.9. The van der Waals surface area contributed by atoms with Crippen molar-refractivity contribution in [3.63, 3.8) is 0 Å². The van der Waals surface area contributed by atoms with Gasteiger partial charge < -0.3 is 9.13 Å². The van der Waals surface area contributed by atoms with Crippen LogP contribution in [0.15, 0.2) is 227 Å². The molecule has 73 heavy (non-hydrogen) atoms. The highest BCUT2D eigenvalue weighted by molar-refractivity contribution is 8.29. The SMILES string of the molecule is CC12C=CC(C3C=CC(n4c5ccccc5c5ccccc54)=CC3)=CC1C(=O)C1CC(c3ccc4c(c3)C(=O)c3cc(-c5ccc(-n6c7ccccc7c7ccccc76)cc5)ccc3S4(O)O)=CC=C1S2(O)O. The quantitative estimate of drug-likeness (QED) is 0.136. The highest BCUT2D eigenvalue weighted by Gasteiger charge is 2.57. The highest BCUT2D eigenvalue weighted by atomic mass is 32.3. The van der Waals surface area contributed by atoms with Crippen LogP contribution in [0.1, 0.15) is 41.3 Å². The van der Waals surface area contributed by atoms with Gasteiger partial charge in [-0.05, 0) is 120 Å². The summed E-state index contributed by atoms with van der Waals surface area (Å²) in [6.45, 7) is 1.78. The van der Waals surface area contributed by atoms with Crippen LogP contribution in [-0.4, -0.2) is 43.7 Å². The Balaban J connectivity index is 0.740. The van der Waals surface area contributed by atoms with E-state index < -0.39 is 37.8 Å². The van der Waals surface area contributed by atoms with E-state index in [4.69, 9.17) is 0 Å². The van der Waals surface area contributed by atoms with Crippen molar-refractivity contribution in [1.29, 1.82) is 0 Å². The minimum atomic E-state index is -3.56. The number of para-hydroxylation sites is 4. The molecule has 1 fully saturated rings. The largest absolute Gasteiger partial charge is 0.310 e. The van der Waals surface area contributed by atoms with Gasteiger partial charge in [0.1, 0.15) is 0 Å². The molecule has 4 N–H and O–H groups in total. The lowest BCUT2D eigenvalue weighted by Crippen LogP contribution is -2.51. The maximum Gasteiger partial charge on any atom is 0.196 e. The second-order valence-corrected chi connectivity index (χ2v) is 24.5. The maximum absolute atomic E-state index is 14.9. The molecule has 0 radical (unpaired) electrons. The third kappa shape index (κ3) is 6.38. The molecule has 2 aromatic heterocycles. The minimum absolute atomic E-state index is 0.00892.